The maximum atomic E-state index is 14.3. The molecule has 2 aliphatic heterocycles. The van der Waals surface area contributed by atoms with E-state index in [1.165, 1.54) is 0 Å². The molecule has 1 aromatic rings. The molecule has 0 radical (unpaired) electrons. The molecule has 0 saturated carbocycles. The van der Waals surface area contributed by atoms with E-state index in [2.05, 4.69) is 29.5 Å². The Morgan fingerprint density at radius 3 is 1.00 bits per heavy atom. The zero-order valence-corrected chi connectivity index (χ0v) is 21.8. The van der Waals surface area contributed by atoms with Crippen molar-refractivity contribution in [2.75, 3.05) is 0 Å². The fourth-order valence-electron chi connectivity index (χ4n) is 3.42. The van der Waals surface area contributed by atoms with E-state index in [4.69, 9.17) is 22.3 Å². The van der Waals surface area contributed by atoms with Gasteiger partial charge in [-0.2, -0.15) is 79.0 Å². The highest BCUT2D eigenvalue weighted by atomic mass is 19.4. The molecule has 0 amide bonds. The van der Waals surface area contributed by atoms with Crippen LogP contribution >= 0.6 is 0 Å². The SMILES string of the molecule is N=C(O/N=C(/N)c1ccc(/C(N)=N\OC(=N)C(F)(F)[C@@]2(F)OC(F)(F)C(F)(F)C2(F)F)cc1)C(F)(F)[C@]1(F)OC(F)(F)C(F)(F)C1(F)F. The molecule has 0 aliphatic carbocycles. The number of hydrogen-bond donors (Lipinski definition) is 4. The van der Waals surface area contributed by atoms with Crippen LogP contribution in [0, 0.1) is 10.8 Å². The van der Waals surface area contributed by atoms with Crippen molar-refractivity contribution in [3.63, 3.8) is 0 Å². The molecular formula is C20H10F18N6O4. The molecule has 1 aromatic carbocycles. The fourth-order valence-corrected chi connectivity index (χ4v) is 3.42. The second kappa shape index (κ2) is 10.6. The van der Waals surface area contributed by atoms with Crippen LogP contribution in [0.15, 0.2) is 34.6 Å². The summed E-state index contributed by atoms with van der Waals surface area (Å²) in [5, 5.41) is 18.9. The van der Waals surface area contributed by atoms with Crippen LogP contribution < -0.4 is 11.5 Å². The van der Waals surface area contributed by atoms with Crippen molar-refractivity contribution in [3.8, 4) is 0 Å². The molecule has 2 atom stereocenters. The third kappa shape index (κ3) is 4.84. The Bertz CT molecular complexity index is 1440. The summed E-state index contributed by atoms with van der Waals surface area (Å²) in [5.74, 6) is -62.1. The number of benzene rings is 1. The number of rotatable bonds is 8. The van der Waals surface area contributed by atoms with Gasteiger partial charge in [0, 0.05) is 11.1 Å². The van der Waals surface area contributed by atoms with Crippen molar-refractivity contribution in [2.24, 2.45) is 21.8 Å². The number of halogens is 18. The van der Waals surface area contributed by atoms with Gasteiger partial charge in [-0.3, -0.25) is 20.3 Å². The van der Waals surface area contributed by atoms with Crippen molar-refractivity contribution in [1.29, 1.82) is 10.8 Å². The number of oxime groups is 2. The van der Waals surface area contributed by atoms with Crippen molar-refractivity contribution in [1.82, 2.24) is 0 Å². The maximum Gasteiger partial charge on any atom is 0.428 e. The molecule has 2 heterocycles. The van der Waals surface area contributed by atoms with Crippen molar-refractivity contribution < 1.29 is 98.2 Å². The summed E-state index contributed by atoms with van der Waals surface area (Å²) >= 11 is 0. The van der Waals surface area contributed by atoms with Gasteiger partial charge < -0.3 is 21.1 Å². The third-order valence-corrected chi connectivity index (χ3v) is 6.19. The second-order valence-electron chi connectivity index (χ2n) is 9.25. The number of ether oxygens (including phenoxy) is 2. The van der Waals surface area contributed by atoms with Crippen LogP contribution in [0.5, 0.6) is 0 Å². The van der Waals surface area contributed by atoms with Crippen molar-refractivity contribution >= 4 is 23.5 Å². The molecule has 10 nitrogen and oxygen atoms in total. The third-order valence-electron chi connectivity index (χ3n) is 6.19. The first kappa shape index (κ1) is 38.2. The van der Waals surface area contributed by atoms with Gasteiger partial charge >= 0.3 is 59.5 Å². The second-order valence-corrected chi connectivity index (χ2v) is 9.25. The summed E-state index contributed by atoms with van der Waals surface area (Å²) in [6, 6.07) is 2.73. The van der Waals surface area contributed by atoms with E-state index in [9.17, 15) is 79.0 Å². The van der Waals surface area contributed by atoms with Crippen LogP contribution in [0.25, 0.3) is 0 Å². The van der Waals surface area contributed by atoms with Gasteiger partial charge in [-0.05, 0) is 0 Å². The Morgan fingerprint density at radius 1 is 0.542 bits per heavy atom. The van der Waals surface area contributed by atoms with Crippen LogP contribution in [-0.2, 0) is 19.1 Å². The topological polar surface area (TPSA) is 161 Å². The molecule has 0 bridgehead atoms. The minimum atomic E-state index is -6.96. The Morgan fingerprint density at radius 2 is 0.792 bits per heavy atom. The highest BCUT2D eigenvalue weighted by molar-refractivity contribution is 6.01. The number of amidine groups is 2. The number of nitrogens with two attached hydrogens (primary N) is 2. The first-order chi connectivity index (χ1) is 21.2. The smallest absolute Gasteiger partial charge is 0.380 e. The average Bonchev–Trinajstić information content (AvgIpc) is 3.13. The number of alkyl halides is 18. The first-order valence-corrected chi connectivity index (χ1v) is 11.3. The van der Waals surface area contributed by atoms with Gasteiger partial charge in [-0.15, -0.1) is 0 Å². The minimum Gasteiger partial charge on any atom is -0.380 e. The molecule has 2 fully saturated rings. The molecule has 2 aliphatic rings. The average molecular weight is 740 g/mol. The van der Waals surface area contributed by atoms with E-state index in [0.717, 1.165) is 0 Å². The zero-order valence-electron chi connectivity index (χ0n) is 21.8. The molecule has 2 saturated heterocycles. The maximum absolute atomic E-state index is 14.3. The highest BCUT2D eigenvalue weighted by Crippen LogP contribution is 2.66. The van der Waals surface area contributed by atoms with Gasteiger partial charge in [0.1, 0.15) is 0 Å². The summed E-state index contributed by atoms with van der Waals surface area (Å²) in [6.45, 7) is 0. The molecule has 0 spiro atoms. The van der Waals surface area contributed by atoms with E-state index in [1.807, 2.05) is 0 Å². The zero-order chi connectivity index (χ0) is 37.5. The molecule has 0 unspecified atom stereocenters. The number of hydrogen-bond acceptors (Lipinski definition) is 8. The van der Waals surface area contributed by atoms with Crippen LogP contribution in [0.1, 0.15) is 11.1 Å². The molecule has 3 rings (SSSR count). The van der Waals surface area contributed by atoms with Crippen LogP contribution in [-0.4, -0.2) is 82.9 Å². The number of nitrogens with zero attached hydrogens (tertiary/aromatic N) is 2. The molecule has 28 heteroatoms. The standard InChI is InChI=1S/C20H10F18N6O4/c21-11(22,17(33)13(25,26)15(29,30)19(35,36)47-17)9(41)45-43-7(39)5-1-2-6(4-3-5)8(40)44-46-10(42)12(23,24)18(34)14(27,28)16(31,32)20(37,38)48-18/h1-4,41-42H,(H2,39,43)(H2,40,44)/t17-,18+. The first-order valence-electron chi connectivity index (χ1n) is 11.3. The normalized spacial score (nSPS) is 29.0. The van der Waals surface area contributed by atoms with Crippen LogP contribution in [0.3, 0.4) is 0 Å². The molecule has 48 heavy (non-hydrogen) atoms. The van der Waals surface area contributed by atoms with Gasteiger partial charge in [-0.25, -0.2) is 0 Å². The predicted octanol–water partition coefficient (Wildman–Crippen LogP) is 5.30. The van der Waals surface area contributed by atoms with E-state index >= 15 is 0 Å². The summed E-state index contributed by atoms with van der Waals surface area (Å²) in [4.78, 5) is 7.20. The quantitative estimate of drug-likeness (QED) is 0.122. The Balaban J connectivity index is 1.74. The van der Waals surface area contributed by atoms with E-state index in [1.54, 1.807) is 0 Å². The Hall–Kier alpha value is -4.24. The van der Waals surface area contributed by atoms with Crippen LogP contribution in [0.4, 0.5) is 79.0 Å². The summed E-state index contributed by atoms with van der Waals surface area (Å²) in [6.07, 6.45) is -13.0. The van der Waals surface area contributed by atoms with Gasteiger partial charge in [0.05, 0.1) is 0 Å². The lowest BCUT2D eigenvalue weighted by Crippen LogP contribution is -2.62. The monoisotopic (exact) mass is 740 g/mol. The summed E-state index contributed by atoms with van der Waals surface area (Å²) in [7, 11) is 0. The lowest BCUT2D eigenvalue weighted by Gasteiger charge is -2.31. The fraction of sp³-hybridized carbons (Fsp3) is 0.500. The largest absolute Gasteiger partial charge is 0.428 e. The van der Waals surface area contributed by atoms with Gasteiger partial charge in [0.15, 0.2) is 11.7 Å². The lowest BCUT2D eigenvalue weighted by atomic mass is 10.00. The van der Waals surface area contributed by atoms with Gasteiger partial charge in [0.25, 0.3) is 11.8 Å². The molecule has 0 aromatic heterocycles. The van der Waals surface area contributed by atoms with Gasteiger partial charge in [-0.1, -0.05) is 34.6 Å². The van der Waals surface area contributed by atoms with E-state index in [-0.39, 0.29) is 0 Å². The van der Waals surface area contributed by atoms with Gasteiger partial charge in [0.2, 0.25) is 0 Å². The predicted molar refractivity (Wildman–Crippen MR) is 115 cm³/mol. The van der Waals surface area contributed by atoms with Crippen molar-refractivity contribution in [2.45, 2.75) is 59.5 Å². The molecule has 6 N–H and O–H groups in total. The van der Waals surface area contributed by atoms with E-state index in [0.29, 0.717) is 24.3 Å². The molecular weight excluding hydrogens is 730 g/mol. The lowest BCUT2D eigenvalue weighted by molar-refractivity contribution is -0.364. The highest BCUT2D eigenvalue weighted by Gasteiger charge is 2.97. The number of nitrogens with one attached hydrogen (secondary N) is 2. The Labute approximate surface area is 250 Å². The minimum absolute atomic E-state index is 0.542. The Kier molecular flexibility index (Phi) is 8.46. The molecule has 270 valence electrons. The van der Waals surface area contributed by atoms with E-state index < -0.39 is 94.1 Å². The summed E-state index contributed by atoms with van der Waals surface area (Å²) in [5.41, 5.74) is 9.47. The van der Waals surface area contributed by atoms with Crippen LogP contribution in [0.2, 0.25) is 0 Å². The summed E-state index contributed by atoms with van der Waals surface area (Å²) < 4.78 is 249. The van der Waals surface area contributed by atoms with Crippen molar-refractivity contribution in [3.05, 3.63) is 35.4 Å².